The summed E-state index contributed by atoms with van der Waals surface area (Å²) in [4.78, 5) is 22.8. The van der Waals surface area contributed by atoms with Crippen molar-refractivity contribution < 1.29 is 9.59 Å². The number of para-hydroxylation sites is 1. The number of rotatable bonds is 5. The minimum absolute atomic E-state index is 0.131. The van der Waals surface area contributed by atoms with Gasteiger partial charge < -0.3 is 5.32 Å². The van der Waals surface area contributed by atoms with Crippen LogP contribution in [0, 0.1) is 0 Å². The maximum atomic E-state index is 11.6. The third kappa shape index (κ3) is 4.75. The Kier molecular flexibility index (Phi) is 6.22. The van der Waals surface area contributed by atoms with E-state index in [4.69, 9.17) is 11.6 Å². The van der Waals surface area contributed by atoms with Gasteiger partial charge in [-0.2, -0.15) is 0 Å². The topological polar surface area (TPSA) is 58.2 Å². The van der Waals surface area contributed by atoms with Crippen LogP contribution in [0.15, 0.2) is 24.3 Å². The number of halogens is 1. The Morgan fingerprint density at radius 2 is 2.00 bits per heavy atom. The van der Waals surface area contributed by atoms with E-state index < -0.39 is 6.03 Å². The number of hydrogen-bond acceptors (Lipinski definition) is 2. The van der Waals surface area contributed by atoms with Crippen LogP contribution >= 0.6 is 11.6 Å². The second kappa shape index (κ2) is 7.71. The number of carbonyl (C=O) groups excluding carboxylic acids is 2. The summed E-state index contributed by atoms with van der Waals surface area (Å²) in [6.45, 7) is 2.07. The predicted octanol–water partition coefficient (Wildman–Crippen LogP) is 2.92. The summed E-state index contributed by atoms with van der Waals surface area (Å²) in [5.74, 6) is -0.179. The highest BCUT2D eigenvalue weighted by molar-refractivity contribution is 6.19. The molecule has 1 rings (SSSR count). The summed E-state index contributed by atoms with van der Waals surface area (Å²) in [5.41, 5.74) is 1.79. The zero-order chi connectivity index (χ0) is 13.4. The van der Waals surface area contributed by atoms with Gasteiger partial charge in [-0.1, -0.05) is 31.5 Å². The Morgan fingerprint density at radius 1 is 1.28 bits per heavy atom. The molecule has 0 saturated heterocycles. The van der Waals surface area contributed by atoms with E-state index in [9.17, 15) is 9.59 Å². The van der Waals surface area contributed by atoms with Gasteiger partial charge in [0.2, 0.25) is 5.91 Å². The van der Waals surface area contributed by atoms with Crippen LogP contribution in [0.2, 0.25) is 0 Å². The maximum Gasteiger partial charge on any atom is 0.325 e. The second-order valence-corrected chi connectivity index (χ2v) is 4.23. The molecule has 1 aromatic rings. The highest BCUT2D eigenvalue weighted by Crippen LogP contribution is 2.16. The van der Waals surface area contributed by atoms with E-state index in [1.54, 1.807) is 0 Å². The Balaban J connectivity index is 2.61. The van der Waals surface area contributed by atoms with Gasteiger partial charge in [0.15, 0.2) is 0 Å². The van der Waals surface area contributed by atoms with Gasteiger partial charge in [-0.25, -0.2) is 4.79 Å². The van der Waals surface area contributed by atoms with Crippen LogP contribution < -0.4 is 10.6 Å². The molecule has 4 nitrogen and oxygen atoms in total. The normalized spacial score (nSPS) is 9.89. The molecule has 0 fully saturated rings. The van der Waals surface area contributed by atoms with Crippen LogP contribution in [0.3, 0.4) is 0 Å². The molecular formula is C13H17ClN2O2. The van der Waals surface area contributed by atoms with E-state index >= 15 is 0 Å². The van der Waals surface area contributed by atoms with Gasteiger partial charge in [-0.3, -0.25) is 10.1 Å². The third-order valence-corrected chi connectivity index (χ3v) is 2.55. The van der Waals surface area contributed by atoms with E-state index in [2.05, 4.69) is 17.6 Å². The molecule has 0 heterocycles. The van der Waals surface area contributed by atoms with Crippen molar-refractivity contribution >= 4 is 29.2 Å². The van der Waals surface area contributed by atoms with Crippen LogP contribution in [0.4, 0.5) is 10.5 Å². The number of urea groups is 1. The lowest BCUT2D eigenvalue weighted by molar-refractivity contribution is -0.119. The zero-order valence-corrected chi connectivity index (χ0v) is 11.1. The molecule has 0 radical (unpaired) electrons. The Hall–Kier alpha value is -1.55. The van der Waals surface area contributed by atoms with E-state index in [0.717, 1.165) is 24.1 Å². The number of anilines is 1. The molecule has 0 aromatic heterocycles. The minimum Gasteiger partial charge on any atom is -0.307 e. The average Bonchev–Trinajstić information content (AvgIpc) is 2.32. The molecule has 0 saturated carbocycles. The first-order valence-corrected chi connectivity index (χ1v) is 6.45. The molecule has 3 amide bonds. The number of benzene rings is 1. The molecule has 1 aromatic carbocycles. The molecule has 0 unspecified atom stereocenters. The van der Waals surface area contributed by atoms with Gasteiger partial charge >= 0.3 is 6.03 Å². The van der Waals surface area contributed by atoms with Crippen LogP contribution in [0.5, 0.6) is 0 Å². The zero-order valence-electron chi connectivity index (χ0n) is 10.3. The van der Waals surface area contributed by atoms with Crippen molar-refractivity contribution in [1.29, 1.82) is 0 Å². The van der Waals surface area contributed by atoms with Crippen molar-refractivity contribution in [2.75, 3.05) is 11.2 Å². The maximum absolute atomic E-state index is 11.6. The Labute approximate surface area is 112 Å². The summed E-state index contributed by atoms with van der Waals surface area (Å²) in [6.07, 6.45) is 2.00. The number of imide groups is 1. The fourth-order valence-electron chi connectivity index (χ4n) is 1.56. The Bertz CT molecular complexity index is 421. The van der Waals surface area contributed by atoms with Gasteiger partial charge in [0, 0.05) is 18.0 Å². The molecule has 0 bridgehead atoms. The first kappa shape index (κ1) is 14.5. The van der Waals surface area contributed by atoms with Crippen molar-refractivity contribution in [2.24, 2.45) is 0 Å². The molecular weight excluding hydrogens is 252 g/mol. The van der Waals surface area contributed by atoms with Gasteiger partial charge in [-0.15, -0.1) is 11.6 Å². The second-order valence-electron chi connectivity index (χ2n) is 3.85. The van der Waals surface area contributed by atoms with Gasteiger partial charge in [0.05, 0.1) is 0 Å². The van der Waals surface area contributed by atoms with Gasteiger partial charge in [-0.05, 0) is 18.1 Å². The summed E-state index contributed by atoms with van der Waals surface area (Å²) < 4.78 is 0. The van der Waals surface area contributed by atoms with Crippen LogP contribution in [-0.4, -0.2) is 17.8 Å². The third-order valence-electron chi connectivity index (χ3n) is 2.36. The van der Waals surface area contributed by atoms with Crippen molar-refractivity contribution in [1.82, 2.24) is 5.32 Å². The highest BCUT2D eigenvalue weighted by atomic mass is 35.5. The molecule has 0 aliphatic carbocycles. The fourth-order valence-corrected chi connectivity index (χ4v) is 1.73. The molecule has 5 heteroatoms. The number of aryl methyl sites for hydroxylation is 1. The van der Waals surface area contributed by atoms with Gasteiger partial charge in [0.25, 0.3) is 0 Å². The van der Waals surface area contributed by atoms with Crippen LogP contribution in [0.25, 0.3) is 0 Å². The summed E-state index contributed by atoms with van der Waals surface area (Å²) >= 11 is 5.41. The highest BCUT2D eigenvalue weighted by Gasteiger charge is 2.09. The molecule has 0 aliphatic rings. The van der Waals surface area contributed by atoms with Crippen LogP contribution in [0.1, 0.15) is 25.3 Å². The number of nitrogens with one attached hydrogen (secondary N) is 2. The molecule has 0 atom stereocenters. The van der Waals surface area contributed by atoms with Crippen molar-refractivity contribution in [3.05, 3.63) is 29.8 Å². The first-order valence-electron chi connectivity index (χ1n) is 5.92. The molecule has 98 valence electrons. The molecule has 0 spiro atoms. The average molecular weight is 269 g/mol. The van der Waals surface area contributed by atoms with E-state index in [0.29, 0.717) is 0 Å². The quantitative estimate of drug-likeness (QED) is 0.807. The minimum atomic E-state index is -0.520. The smallest absolute Gasteiger partial charge is 0.307 e. The fraction of sp³-hybridized carbons (Fsp3) is 0.385. The standard InChI is InChI=1S/C13H17ClN2O2/c1-2-5-10-6-3-4-7-11(10)15-13(18)16-12(17)8-9-14/h3-4,6-7H,2,5,8-9H2,1H3,(H2,15,16,17,18). The first-order chi connectivity index (χ1) is 8.67. The van der Waals surface area contributed by atoms with E-state index in [1.165, 1.54) is 0 Å². The molecule has 18 heavy (non-hydrogen) atoms. The lowest BCUT2D eigenvalue weighted by atomic mass is 10.1. The largest absolute Gasteiger partial charge is 0.325 e. The van der Waals surface area contributed by atoms with Crippen molar-refractivity contribution in [3.8, 4) is 0 Å². The number of hydrogen-bond donors (Lipinski definition) is 2. The number of carbonyl (C=O) groups is 2. The van der Waals surface area contributed by atoms with E-state index in [-0.39, 0.29) is 18.2 Å². The number of alkyl halides is 1. The van der Waals surface area contributed by atoms with Crippen molar-refractivity contribution in [2.45, 2.75) is 26.2 Å². The van der Waals surface area contributed by atoms with Crippen LogP contribution in [-0.2, 0) is 11.2 Å². The summed E-state index contributed by atoms with van der Waals surface area (Å²) in [6, 6.07) is 7.02. The molecule has 0 aliphatic heterocycles. The van der Waals surface area contributed by atoms with E-state index in [1.807, 2.05) is 24.3 Å². The van der Waals surface area contributed by atoms with Gasteiger partial charge in [0.1, 0.15) is 0 Å². The summed E-state index contributed by atoms with van der Waals surface area (Å²) in [7, 11) is 0. The molecule has 2 N–H and O–H groups in total. The SMILES string of the molecule is CCCc1ccccc1NC(=O)NC(=O)CCCl. The predicted molar refractivity (Wildman–Crippen MR) is 72.9 cm³/mol. The lowest BCUT2D eigenvalue weighted by Gasteiger charge is -2.10. The monoisotopic (exact) mass is 268 g/mol. The van der Waals surface area contributed by atoms with Crippen molar-refractivity contribution in [3.63, 3.8) is 0 Å². The Morgan fingerprint density at radius 3 is 2.67 bits per heavy atom. The summed E-state index contributed by atoms with van der Waals surface area (Å²) in [5, 5.41) is 4.90. The number of amides is 3. The lowest BCUT2D eigenvalue weighted by Crippen LogP contribution is -2.34.